The van der Waals surface area contributed by atoms with Gasteiger partial charge in [0.2, 0.25) is 0 Å². The number of hydrogen-bond donors (Lipinski definition) is 0. The van der Waals surface area contributed by atoms with Gasteiger partial charge in [0.05, 0.1) is 11.1 Å². The molecule has 2 amide bonds. The Kier molecular flexibility index (Phi) is 2.89. The molecule has 2 aromatic heterocycles. The maximum absolute atomic E-state index is 12.4. The van der Waals surface area contributed by atoms with Crippen molar-refractivity contribution in [1.82, 2.24) is 24.6 Å². The average molecular weight is 323 g/mol. The summed E-state index contributed by atoms with van der Waals surface area (Å²) in [6.45, 7) is 1.65. The molecular weight excluding hydrogens is 314 g/mol. The first-order chi connectivity index (χ1) is 11.6. The number of carbonyl (C=O) groups is 3. The van der Waals surface area contributed by atoms with Crippen LogP contribution in [0.1, 0.15) is 36.8 Å². The second kappa shape index (κ2) is 4.95. The summed E-state index contributed by atoms with van der Waals surface area (Å²) in [5.41, 5.74) is 0.962. The second-order valence-corrected chi connectivity index (χ2v) is 5.09. The molecule has 118 valence electrons. The molecule has 0 saturated carbocycles. The van der Waals surface area contributed by atoms with E-state index >= 15 is 0 Å². The molecule has 0 aliphatic carbocycles. The van der Waals surface area contributed by atoms with Gasteiger partial charge in [-0.3, -0.25) is 14.0 Å². The number of fused-ring (bicyclic) bond motifs is 2. The third kappa shape index (κ3) is 1.88. The van der Waals surface area contributed by atoms with Gasteiger partial charge in [-0.15, -0.1) is 10.2 Å². The number of aromatic nitrogens is 4. The smallest absolute Gasteiger partial charge is 0.324 e. The molecule has 0 saturated heterocycles. The molecule has 3 heterocycles. The predicted molar refractivity (Wildman–Crippen MR) is 77.9 cm³/mol. The largest absolute Gasteiger partial charge is 0.367 e. The first kappa shape index (κ1) is 14.0. The fraction of sp³-hybridized carbons (Fsp3) is 0.0667. The summed E-state index contributed by atoms with van der Waals surface area (Å²) in [7, 11) is 0. The quantitative estimate of drug-likeness (QED) is 0.642. The molecule has 1 aliphatic heterocycles. The number of aryl methyl sites for hydroxylation is 1. The molecule has 1 aromatic carbocycles. The Hall–Kier alpha value is -3.62. The Bertz CT molecular complexity index is 991. The predicted octanol–water partition coefficient (Wildman–Crippen LogP) is 0.801. The maximum Gasteiger partial charge on any atom is 0.367 e. The van der Waals surface area contributed by atoms with Crippen LogP contribution in [-0.4, -0.2) is 42.4 Å². The zero-order valence-corrected chi connectivity index (χ0v) is 12.3. The van der Waals surface area contributed by atoms with E-state index in [0.29, 0.717) is 16.5 Å². The van der Waals surface area contributed by atoms with Crippen LogP contribution in [0.25, 0.3) is 5.78 Å². The van der Waals surface area contributed by atoms with Crippen molar-refractivity contribution in [3.63, 3.8) is 0 Å². The maximum atomic E-state index is 12.4. The van der Waals surface area contributed by atoms with E-state index in [0.717, 1.165) is 0 Å². The lowest BCUT2D eigenvalue weighted by Crippen LogP contribution is -2.33. The van der Waals surface area contributed by atoms with Crippen LogP contribution in [0.3, 0.4) is 0 Å². The fourth-order valence-corrected chi connectivity index (χ4v) is 2.48. The molecule has 9 nitrogen and oxygen atoms in total. The summed E-state index contributed by atoms with van der Waals surface area (Å²) in [4.78, 5) is 45.8. The Morgan fingerprint density at radius 3 is 2.46 bits per heavy atom. The van der Waals surface area contributed by atoms with Crippen LogP contribution < -0.4 is 0 Å². The van der Waals surface area contributed by atoms with E-state index < -0.39 is 17.8 Å². The number of rotatable bonds is 2. The highest BCUT2D eigenvalue weighted by atomic mass is 16.7. The van der Waals surface area contributed by atoms with Crippen LogP contribution in [0.2, 0.25) is 0 Å². The van der Waals surface area contributed by atoms with Crippen LogP contribution in [0.4, 0.5) is 0 Å². The van der Waals surface area contributed by atoms with Gasteiger partial charge in [0, 0.05) is 11.9 Å². The third-order valence-corrected chi connectivity index (χ3v) is 3.74. The molecule has 0 radical (unpaired) electrons. The molecule has 0 N–H and O–H groups in total. The SMILES string of the molecule is Cc1c(C(=O)ON2C(=O)c3ccccc3C2=O)cnc2nncn12. The van der Waals surface area contributed by atoms with E-state index in [2.05, 4.69) is 15.2 Å². The highest BCUT2D eigenvalue weighted by Crippen LogP contribution is 2.23. The van der Waals surface area contributed by atoms with Crippen LogP contribution >= 0.6 is 0 Å². The van der Waals surface area contributed by atoms with Crippen molar-refractivity contribution in [2.45, 2.75) is 6.92 Å². The fourth-order valence-electron chi connectivity index (χ4n) is 2.48. The van der Waals surface area contributed by atoms with Gasteiger partial charge >= 0.3 is 5.97 Å². The zero-order chi connectivity index (χ0) is 16.8. The van der Waals surface area contributed by atoms with E-state index in [1.807, 2.05) is 0 Å². The number of hydrogen-bond acceptors (Lipinski definition) is 7. The van der Waals surface area contributed by atoms with E-state index in [1.165, 1.54) is 29.1 Å². The van der Waals surface area contributed by atoms with Gasteiger partial charge < -0.3 is 4.84 Å². The van der Waals surface area contributed by atoms with Gasteiger partial charge in [-0.2, -0.15) is 0 Å². The molecule has 0 atom stereocenters. The highest BCUT2D eigenvalue weighted by Gasteiger charge is 2.39. The van der Waals surface area contributed by atoms with Crippen molar-refractivity contribution >= 4 is 23.6 Å². The summed E-state index contributed by atoms with van der Waals surface area (Å²) < 4.78 is 1.50. The molecule has 0 unspecified atom stereocenters. The summed E-state index contributed by atoms with van der Waals surface area (Å²) in [6, 6.07) is 6.26. The highest BCUT2D eigenvalue weighted by molar-refractivity contribution is 6.21. The molecule has 0 fully saturated rings. The lowest BCUT2D eigenvalue weighted by atomic mass is 10.1. The number of amides is 2. The van der Waals surface area contributed by atoms with E-state index in [9.17, 15) is 14.4 Å². The van der Waals surface area contributed by atoms with Crippen LogP contribution in [-0.2, 0) is 4.84 Å². The minimum Gasteiger partial charge on any atom is -0.324 e. The lowest BCUT2D eigenvalue weighted by molar-refractivity contribution is -0.0585. The van der Waals surface area contributed by atoms with Crippen LogP contribution in [0, 0.1) is 6.92 Å². The van der Waals surface area contributed by atoms with Crippen molar-refractivity contribution in [3.05, 3.63) is 59.2 Å². The molecule has 9 heteroatoms. The zero-order valence-electron chi connectivity index (χ0n) is 12.3. The van der Waals surface area contributed by atoms with Gasteiger partial charge in [-0.1, -0.05) is 17.2 Å². The molecule has 24 heavy (non-hydrogen) atoms. The number of imide groups is 1. The minimum atomic E-state index is -0.870. The standard InChI is InChI=1S/C15H9N5O4/c1-8-11(6-16-15-18-17-7-19(8)15)14(23)24-20-12(21)9-4-2-3-5-10(9)13(20)22/h2-7H,1H3. The van der Waals surface area contributed by atoms with E-state index in [1.54, 1.807) is 19.1 Å². The molecule has 0 spiro atoms. The van der Waals surface area contributed by atoms with Crippen LogP contribution in [0.15, 0.2) is 36.8 Å². The normalized spacial score (nSPS) is 13.5. The summed E-state index contributed by atoms with van der Waals surface area (Å²) in [5.74, 6) is -1.91. The number of carbonyl (C=O) groups excluding carboxylic acids is 3. The van der Waals surface area contributed by atoms with Crippen LogP contribution in [0.5, 0.6) is 0 Å². The number of hydroxylamine groups is 2. The first-order valence-electron chi connectivity index (χ1n) is 6.93. The van der Waals surface area contributed by atoms with Gasteiger partial charge in [-0.05, 0) is 19.1 Å². The van der Waals surface area contributed by atoms with Gasteiger partial charge in [-0.25, -0.2) is 9.78 Å². The van der Waals surface area contributed by atoms with Crippen molar-refractivity contribution in [2.75, 3.05) is 0 Å². The third-order valence-electron chi connectivity index (χ3n) is 3.74. The molecule has 1 aliphatic rings. The average Bonchev–Trinajstić information content (AvgIpc) is 3.15. The van der Waals surface area contributed by atoms with Gasteiger partial charge in [0.15, 0.2) is 0 Å². The van der Waals surface area contributed by atoms with Crippen molar-refractivity contribution in [3.8, 4) is 0 Å². The molecular formula is C15H9N5O4. The second-order valence-electron chi connectivity index (χ2n) is 5.09. The van der Waals surface area contributed by atoms with Gasteiger partial charge in [0.25, 0.3) is 17.6 Å². The van der Waals surface area contributed by atoms with Gasteiger partial charge in [0.1, 0.15) is 11.9 Å². The number of benzene rings is 1. The Morgan fingerprint density at radius 1 is 1.12 bits per heavy atom. The Labute approximate surface area is 134 Å². The monoisotopic (exact) mass is 323 g/mol. The minimum absolute atomic E-state index is 0.0962. The van der Waals surface area contributed by atoms with Crippen molar-refractivity contribution < 1.29 is 19.2 Å². The Balaban J connectivity index is 1.66. The lowest BCUT2D eigenvalue weighted by Gasteiger charge is -2.13. The Morgan fingerprint density at radius 2 is 1.79 bits per heavy atom. The topological polar surface area (TPSA) is 107 Å². The van der Waals surface area contributed by atoms with E-state index in [-0.39, 0.29) is 16.7 Å². The van der Waals surface area contributed by atoms with E-state index in [4.69, 9.17) is 4.84 Å². The van der Waals surface area contributed by atoms with Crippen molar-refractivity contribution in [1.29, 1.82) is 0 Å². The molecule has 3 aromatic rings. The summed E-state index contributed by atoms with van der Waals surface area (Å²) >= 11 is 0. The molecule has 4 rings (SSSR count). The van der Waals surface area contributed by atoms with Crippen molar-refractivity contribution in [2.24, 2.45) is 0 Å². The molecule has 0 bridgehead atoms. The summed E-state index contributed by atoms with van der Waals surface area (Å²) in [6.07, 6.45) is 2.66. The number of nitrogens with zero attached hydrogens (tertiary/aromatic N) is 5. The first-order valence-corrected chi connectivity index (χ1v) is 6.93. The summed E-state index contributed by atoms with van der Waals surface area (Å²) in [5, 5.41) is 7.92.